The minimum Gasteiger partial charge on any atom is -0.467 e. The summed E-state index contributed by atoms with van der Waals surface area (Å²) in [4.78, 5) is 47.7. The molecule has 0 spiro atoms. The van der Waals surface area contributed by atoms with Crippen LogP contribution in [-0.4, -0.2) is 40.1 Å². The zero-order chi connectivity index (χ0) is 21.3. The first-order valence-electron chi connectivity index (χ1n) is 8.43. The van der Waals surface area contributed by atoms with Gasteiger partial charge in [-0.3, -0.25) is 24.6 Å². The molecule has 150 valence electrons. The highest BCUT2D eigenvalue weighted by atomic mass is 32.2. The fourth-order valence-corrected chi connectivity index (χ4v) is 3.72. The van der Waals surface area contributed by atoms with Crippen molar-refractivity contribution in [3.8, 4) is 11.3 Å². The Morgan fingerprint density at radius 2 is 2.03 bits per heavy atom. The van der Waals surface area contributed by atoms with Gasteiger partial charge in [-0.25, -0.2) is 4.79 Å². The van der Waals surface area contributed by atoms with Crippen LogP contribution in [0.2, 0.25) is 0 Å². The lowest BCUT2D eigenvalue weighted by Crippen LogP contribution is -2.42. The maximum Gasteiger partial charge on any atom is 0.328 e. The molecule has 2 heterocycles. The molecule has 1 unspecified atom stereocenters. The summed E-state index contributed by atoms with van der Waals surface area (Å²) >= 11 is 0.702. The van der Waals surface area contributed by atoms with Crippen LogP contribution >= 0.6 is 11.8 Å². The van der Waals surface area contributed by atoms with E-state index < -0.39 is 28.1 Å². The second kappa shape index (κ2) is 7.92. The molecule has 29 heavy (non-hydrogen) atoms. The number of nitrogens with zero attached hydrogens (tertiary/aromatic N) is 2. The number of rotatable bonds is 5. The first-order valence-corrected chi connectivity index (χ1v) is 9.24. The number of methoxy groups -OCH3 is 1. The topological polar surface area (TPSA) is 120 Å². The third-order valence-corrected chi connectivity index (χ3v) is 5.22. The van der Waals surface area contributed by atoms with Crippen LogP contribution in [0.3, 0.4) is 0 Å². The van der Waals surface area contributed by atoms with Crippen LogP contribution in [0.1, 0.15) is 18.2 Å². The van der Waals surface area contributed by atoms with E-state index in [1.807, 2.05) is 0 Å². The first kappa shape index (κ1) is 20.3. The number of furan rings is 1. The average Bonchev–Trinajstić information content (AvgIpc) is 3.25. The summed E-state index contributed by atoms with van der Waals surface area (Å²) in [6.45, 7) is 3.14. The molecule has 3 rings (SSSR count). The van der Waals surface area contributed by atoms with Crippen LogP contribution in [0.25, 0.3) is 17.4 Å². The summed E-state index contributed by atoms with van der Waals surface area (Å²) < 4.78 is 10.3. The number of hydrogen-bond acceptors (Lipinski definition) is 8. The van der Waals surface area contributed by atoms with Gasteiger partial charge >= 0.3 is 5.97 Å². The molecule has 0 aliphatic carbocycles. The predicted molar refractivity (Wildman–Crippen MR) is 105 cm³/mol. The molecule has 1 fully saturated rings. The van der Waals surface area contributed by atoms with Crippen LogP contribution in [0.4, 0.5) is 10.5 Å². The molecule has 1 saturated heterocycles. The fourth-order valence-electron chi connectivity index (χ4n) is 2.83. The number of non-ortho nitro benzene ring substituents is 1. The van der Waals surface area contributed by atoms with Gasteiger partial charge in [0.05, 0.1) is 16.9 Å². The van der Waals surface area contributed by atoms with Crippen molar-refractivity contribution in [2.75, 3.05) is 7.11 Å². The molecule has 2 amide bonds. The van der Waals surface area contributed by atoms with Gasteiger partial charge in [0.2, 0.25) is 0 Å². The van der Waals surface area contributed by atoms with E-state index in [0.29, 0.717) is 34.4 Å². The number of aryl methyl sites for hydroxylation is 1. The molecule has 0 N–H and O–H groups in total. The van der Waals surface area contributed by atoms with E-state index in [0.717, 1.165) is 4.90 Å². The van der Waals surface area contributed by atoms with Crippen LogP contribution in [0, 0.1) is 17.0 Å². The van der Waals surface area contributed by atoms with Crippen molar-refractivity contribution in [2.45, 2.75) is 19.9 Å². The second-order valence-electron chi connectivity index (χ2n) is 6.21. The molecule has 1 aliphatic heterocycles. The Morgan fingerprint density at radius 1 is 1.31 bits per heavy atom. The first-order chi connectivity index (χ1) is 13.7. The Hall–Kier alpha value is -3.40. The molecule has 1 atom stereocenters. The van der Waals surface area contributed by atoms with E-state index in [4.69, 9.17) is 4.42 Å². The van der Waals surface area contributed by atoms with Crippen molar-refractivity contribution in [1.82, 2.24) is 4.90 Å². The normalized spacial score (nSPS) is 16.4. The lowest BCUT2D eigenvalue weighted by molar-refractivity contribution is -0.384. The molecule has 0 radical (unpaired) electrons. The van der Waals surface area contributed by atoms with Crippen molar-refractivity contribution in [2.24, 2.45) is 0 Å². The van der Waals surface area contributed by atoms with E-state index in [9.17, 15) is 24.5 Å². The van der Waals surface area contributed by atoms with Gasteiger partial charge in [-0.05, 0) is 49.4 Å². The largest absolute Gasteiger partial charge is 0.467 e. The van der Waals surface area contributed by atoms with Crippen LogP contribution in [0.5, 0.6) is 0 Å². The standard InChI is InChI=1S/C19H16N2O7S/c1-10-8-12(21(25)26)4-6-14(10)15-7-5-13(28-15)9-16-17(22)20(19(24)29-16)11(2)18(23)27-3/h4-9,11H,1-3H3/b16-9-. The molecule has 1 aromatic carbocycles. The van der Waals surface area contributed by atoms with Crippen LogP contribution < -0.4 is 0 Å². The lowest BCUT2D eigenvalue weighted by atomic mass is 10.1. The van der Waals surface area contributed by atoms with Crippen LogP contribution in [0.15, 0.2) is 39.7 Å². The number of hydrogen-bond donors (Lipinski definition) is 0. The van der Waals surface area contributed by atoms with Gasteiger partial charge in [0.1, 0.15) is 17.6 Å². The number of amides is 2. The van der Waals surface area contributed by atoms with Gasteiger partial charge in [-0.15, -0.1) is 0 Å². The monoisotopic (exact) mass is 416 g/mol. The number of nitro groups is 1. The van der Waals surface area contributed by atoms with Gasteiger partial charge in [-0.2, -0.15) is 0 Å². The van der Waals surface area contributed by atoms with Gasteiger partial charge in [-0.1, -0.05) is 0 Å². The highest BCUT2D eigenvalue weighted by molar-refractivity contribution is 8.18. The molecule has 0 bridgehead atoms. The zero-order valence-electron chi connectivity index (χ0n) is 15.7. The minimum absolute atomic E-state index is 0.0218. The number of imide groups is 1. The summed E-state index contributed by atoms with van der Waals surface area (Å²) in [5, 5.41) is 10.3. The Kier molecular flexibility index (Phi) is 5.55. The molecule has 2 aromatic rings. The maximum absolute atomic E-state index is 12.5. The summed E-state index contributed by atoms with van der Waals surface area (Å²) in [5.74, 6) is -0.510. The quantitative estimate of drug-likeness (QED) is 0.313. The Balaban J connectivity index is 1.85. The van der Waals surface area contributed by atoms with E-state index in [2.05, 4.69) is 4.74 Å². The number of benzene rings is 1. The average molecular weight is 416 g/mol. The summed E-state index contributed by atoms with van der Waals surface area (Å²) in [6, 6.07) is 6.66. The van der Waals surface area contributed by atoms with Crippen molar-refractivity contribution in [3.05, 3.63) is 56.7 Å². The summed E-state index contributed by atoms with van der Waals surface area (Å²) in [5.41, 5.74) is 1.31. The van der Waals surface area contributed by atoms with E-state index in [-0.39, 0.29) is 10.6 Å². The van der Waals surface area contributed by atoms with E-state index in [1.165, 1.54) is 32.2 Å². The molecule has 0 saturated carbocycles. The summed E-state index contributed by atoms with van der Waals surface area (Å²) in [7, 11) is 1.18. The maximum atomic E-state index is 12.5. The highest BCUT2D eigenvalue weighted by Crippen LogP contribution is 2.35. The fraction of sp³-hybridized carbons (Fsp3) is 0.211. The van der Waals surface area contributed by atoms with Crippen LogP contribution in [-0.2, 0) is 14.3 Å². The van der Waals surface area contributed by atoms with E-state index in [1.54, 1.807) is 25.1 Å². The van der Waals surface area contributed by atoms with Crippen molar-refractivity contribution in [3.63, 3.8) is 0 Å². The molecular weight excluding hydrogens is 400 g/mol. The third-order valence-electron chi connectivity index (χ3n) is 4.34. The Labute approximate surface area is 169 Å². The second-order valence-corrected chi connectivity index (χ2v) is 7.20. The lowest BCUT2D eigenvalue weighted by Gasteiger charge is -2.18. The molecule has 10 heteroatoms. The number of carbonyl (C=O) groups excluding carboxylic acids is 3. The van der Waals surface area contributed by atoms with Crippen molar-refractivity contribution in [1.29, 1.82) is 0 Å². The zero-order valence-corrected chi connectivity index (χ0v) is 16.5. The van der Waals surface area contributed by atoms with Crippen molar-refractivity contribution >= 4 is 40.6 Å². The molecule has 1 aliphatic rings. The van der Waals surface area contributed by atoms with E-state index >= 15 is 0 Å². The number of nitro benzene ring substituents is 1. The Bertz CT molecular complexity index is 1060. The Morgan fingerprint density at radius 3 is 2.66 bits per heavy atom. The SMILES string of the molecule is COC(=O)C(C)N1C(=O)S/C(=C\c2ccc(-c3ccc([N+](=O)[O-])cc3C)o2)C1=O. The predicted octanol–water partition coefficient (Wildman–Crippen LogP) is 3.76. The smallest absolute Gasteiger partial charge is 0.328 e. The minimum atomic E-state index is -1.03. The molecular formula is C19H16N2O7S. The van der Waals surface area contributed by atoms with Gasteiger partial charge in [0, 0.05) is 23.8 Å². The van der Waals surface area contributed by atoms with Gasteiger partial charge in [0.25, 0.3) is 16.8 Å². The molecule has 1 aromatic heterocycles. The highest BCUT2D eigenvalue weighted by Gasteiger charge is 2.41. The third kappa shape index (κ3) is 3.92. The summed E-state index contributed by atoms with van der Waals surface area (Å²) in [6.07, 6.45) is 1.42. The number of ether oxygens (including phenoxy) is 1. The van der Waals surface area contributed by atoms with Gasteiger partial charge in [0.15, 0.2) is 0 Å². The number of esters is 1. The van der Waals surface area contributed by atoms with Crippen molar-refractivity contribution < 1.29 is 28.5 Å². The molecule has 9 nitrogen and oxygen atoms in total. The van der Waals surface area contributed by atoms with Gasteiger partial charge < -0.3 is 9.15 Å². The number of thioether (sulfide) groups is 1. The number of carbonyl (C=O) groups is 3.